The van der Waals surface area contributed by atoms with E-state index < -0.39 is 0 Å². The van der Waals surface area contributed by atoms with Crippen molar-refractivity contribution in [1.29, 1.82) is 0 Å². The van der Waals surface area contributed by atoms with Gasteiger partial charge in [0.15, 0.2) is 0 Å². The van der Waals surface area contributed by atoms with Crippen LogP contribution in [0.5, 0.6) is 0 Å². The van der Waals surface area contributed by atoms with Crippen LogP contribution in [0.15, 0.2) is 12.2 Å². The summed E-state index contributed by atoms with van der Waals surface area (Å²) in [6.07, 6.45) is 9.48. The molecule has 0 aromatic rings. The minimum Gasteiger partial charge on any atom is -0.469 e. The van der Waals surface area contributed by atoms with Crippen molar-refractivity contribution in [3.63, 3.8) is 0 Å². The molecule has 2 aliphatic rings. The van der Waals surface area contributed by atoms with Crippen LogP contribution in [0.1, 0.15) is 45.4 Å². The third kappa shape index (κ3) is 2.36. The molecule has 3 nitrogen and oxygen atoms in total. The number of hydrogen-bond donors (Lipinski definition) is 0. The van der Waals surface area contributed by atoms with E-state index in [-0.39, 0.29) is 23.2 Å². The maximum atomic E-state index is 12.2. The predicted molar refractivity (Wildman–Crippen MR) is 69.0 cm³/mol. The van der Waals surface area contributed by atoms with Crippen molar-refractivity contribution in [2.75, 3.05) is 7.11 Å². The average Bonchev–Trinajstić information content (AvgIpc) is 2.41. The zero-order valence-electron chi connectivity index (χ0n) is 11.3. The van der Waals surface area contributed by atoms with Crippen molar-refractivity contribution >= 4 is 11.8 Å². The van der Waals surface area contributed by atoms with E-state index in [0.29, 0.717) is 12.2 Å². The molecule has 0 aliphatic heterocycles. The normalized spacial score (nSPS) is 36.4. The molecule has 0 saturated heterocycles. The van der Waals surface area contributed by atoms with Crippen molar-refractivity contribution in [3.8, 4) is 0 Å². The number of Topliss-reactive ketones (excluding diaryl/α,β-unsaturated/α-hetero) is 1. The Kier molecular flexibility index (Phi) is 3.88. The van der Waals surface area contributed by atoms with Gasteiger partial charge in [0.05, 0.1) is 13.0 Å². The van der Waals surface area contributed by atoms with E-state index in [2.05, 4.69) is 13.0 Å². The molecule has 0 aromatic heterocycles. The number of methoxy groups -OCH3 is 1. The molecule has 0 amide bonds. The molecule has 0 spiro atoms. The van der Waals surface area contributed by atoms with Crippen LogP contribution in [0.3, 0.4) is 0 Å². The van der Waals surface area contributed by atoms with E-state index in [0.717, 1.165) is 32.1 Å². The van der Waals surface area contributed by atoms with Crippen LogP contribution >= 0.6 is 0 Å². The maximum absolute atomic E-state index is 12.2. The summed E-state index contributed by atoms with van der Waals surface area (Å²) in [5, 5.41) is 0. The fraction of sp³-hybridized carbons (Fsp3) is 0.733. The van der Waals surface area contributed by atoms with Gasteiger partial charge in [-0.15, -0.1) is 0 Å². The molecule has 1 fully saturated rings. The molecule has 2 aliphatic carbocycles. The van der Waals surface area contributed by atoms with Gasteiger partial charge in [0.2, 0.25) is 0 Å². The first kappa shape index (κ1) is 13.3. The largest absolute Gasteiger partial charge is 0.469 e. The standard InChI is InChI=1S/C15H22O3/c1-15(9-4-3-8-13(15)16)12-7-5-6-11(10-12)14(17)18-2/h5,7,11-12H,3-4,6,8-10H2,1-2H3/t11-,12+,15-/m1/s1. The topological polar surface area (TPSA) is 43.4 Å². The Morgan fingerprint density at radius 3 is 2.89 bits per heavy atom. The minimum atomic E-state index is -0.262. The first-order chi connectivity index (χ1) is 8.58. The van der Waals surface area contributed by atoms with Crippen LogP contribution in [-0.4, -0.2) is 18.9 Å². The molecule has 0 bridgehead atoms. The monoisotopic (exact) mass is 250 g/mol. The molecule has 100 valence electrons. The van der Waals surface area contributed by atoms with Gasteiger partial charge >= 0.3 is 5.97 Å². The van der Waals surface area contributed by atoms with Crippen LogP contribution in [0.2, 0.25) is 0 Å². The number of rotatable bonds is 2. The summed E-state index contributed by atoms with van der Waals surface area (Å²) in [5.41, 5.74) is -0.262. The second-order valence-corrected chi connectivity index (χ2v) is 5.77. The fourth-order valence-corrected chi connectivity index (χ4v) is 3.31. The Hall–Kier alpha value is -1.12. The van der Waals surface area contributed by atoms with Gasteiger partial charge in [-0.2, -0.15) is 0 Å². The Morgan fingerprint density at radius 1 is 1.44 bits per heavy atom. The quantitative estimate of drug-likeness (QED) is 0.559. The van der Waals surface area contributed by atoms with E-state index >= 15 is 0 Å². The van der Waals surface area contributed by atoms with E-state index in [1.165, 1.54) is 7.11 Å². The highest BCUT2D eigenvalue weighted by Crippen LogP contribution is 2.45. The predicted octanol–water partition coefficient (Wildman–Crippen LogP) is 2.89. The number of allylic oxidation sites excluding steroid dienone is 2. The number of carbonyl (C=O) groups excluding carboxylic acids is 2. The molecule has 1 saturated carbocycles. The second-order valence-electron chi connectivity index (χ2n) is 5.77. The average molecular weight is 250 g/mol. The van der Waals surface area contributed by atoms with Crippen molar-refractivity contribution in [2.24, 2.45) is 17.3 Å². The van der Waals surface area contributed by atoms with Gasteiger partial charge in [-0.25, -0.2) is 0 Å². The SMILES string of the molecule is COC(=O)[C@@H]1CC=C[C@H]([C@@]2(C)CCCCC2=O)C1. The van der Waals surface area contributed by atoms with Gasteiger partial charge < -0.3 is 4.74 Å². The Labute approximate surface area is 109 Å². The Morgan fingerprint density at radius 2 is 2.22 bits per heavy atom. The fourth-order valence-electron chi connectivity index (χ4n) is 3.31. The van der Waals surface area contributed by atoms with Crippen LogP contribution < -0.4 is 0 Å². The van der Waals surface area contributed by atoms with Gasteiger partial charge in [-0.1, -0.05) is 25.5 Å². The first-order valence-corrected chi connectivity index (χ1v) is 6.85. The van der Waals surface area contributed by atoms with E-state index in [9.17, 15) is 9.59 Å². The maximum Gasteiger partial charge on any atom is 0.308 e. The summed E-state index contributed by atoms with van der Waals surface area (Å²) in [4.78, 5) is 23.9. The number of carbonyl (C=O) groups is 2. The molecule has 0 heterocycles. The molecule has 2 rings (SSSR count). The summed E-state index contributed by atoms with van der Waals surface area (Å²) in [6.45, 7) is 2.07. The highest BCUT2D eigenvalue weighted by atomic mass is 16.5. The highest BCUT2D eigenvalue weighted by molar-refractivity contribution is 5.86. The van der Waals surface area contributed by atoms with Crippen LogP contribution in [0.4, 0.5) is 0 Å². The summed E-state index contributed by atoms with van der Waals surface area (Å²) in [6, 6.07) is 0. The van der Waals surface area contributed by atoms with Crippen LogP contribution in [0, 0.1) is 17.3 Å². The summed E-state index contributed by atoms with van der Waals surface area (Å²) in [5.74, 6) is 0.352. The van der Waals surface area contributed by atoms with Crippen molar-refractivity contribution in [3.05, 3.63) is 12.2 Å². The van der Waals surface area contributed by atoms with Gasteiger partial charge in [-0.3, -0.25) is 9.59 Å². The number of hydrogen-bond acceptors (Lipinski definition) is 3. The number of esters is 1. The zero-order chi connectivity index (χ0) is 13.2. The lowest BCUT2D eigenvalue weighted by molar-refractivity contribution is -0.147. The minimum absolute atomic E-state index is 0.0726. The van der Waals surface area contributed by atoms with E-state index in [1.807, 2.05) is 6.08 Å². The van der Waals surface area contributed by atoms with Crippen molar-refractivity contribution < 1.29 is 14.3 Å². The van der Waals surface area contributed by atoms with Gasteiger partial charge in [0.25, 0.3) is 0 Å². The summed E-state index contributed by atoms with van der Waals surface area (Å²) in [7, 11) is 1.43. The molecule has 0 radical (unpaired) electrons. The van der Waals surface area contributed by atoms with E-state index in [4.69, 9.17) is 4.74 Å². The molecular weight excluding hydrogens is 228 g/mol. The molecule has 18 heavy (non-hydrogen) atoms. The van der Waals surface area contributed by atoms with Gasteiger partial charge in [-0.05, 0) is 31.6 Å². The van der Waals surface area contributed by atoms with Crippen molar-refractivity contribution in [2.45, 2.75) is 45.4 Å². The smallest absolute Gasteiger partial charge is 0.308 e. The lowest BCUT2D eigenvalue weighted by Crippen LogP contribution is -2.40. The highest BCUT2D eigenvalue weighted by Gasteiger charge is 2.43. The lowest BCUT2D eigenvalue weighted by atomic mass is 9.62. The number of ether oxygens (including phenoxy) is 1. The molecule has 0 N–H and O–H groups in total. The van der Waals surface area contributed by atoms with E-state index in [1.54, 1.807) is 0 Å². The summed E-state index contributed by atoms with van der Waals surface area (Å²) < 4.78 is 4.83. The Bertz CT molecular complexity index is 372. The molecule has 0 aromatic carbocycles. The zero-order valence-corrected chi connectivity index (χ0v) is 11.3. The lowest BCUT2D eigenvalue weighted by Gasteiger charge is -2.40. The Balaban J connectivity index is 2.13. The van der Waals surface area contributed by atoms with Gasteiger partial charge in [0.1, 0.15) is 5.78 Å². The van der Waals surface area contributed by atoms with Crippen LogP contribution in [0.25, 0.3) is 0 Å². The van der Waals surface area contributed by atoms with Crippen LogP contribution in [-0.2, 0) is 14.3 Å². The molecule has 3 atom stereocenters. The molecular formula is C15H22O3. The molecule has 3 heteroatoms. The second kappa shape index (κ2) is 5.25. The third-order valence-electron chi connectivity index (χ3n) is 4.67. The van der Waals surface area contributed by atoms with Gasteiger partial charge in [0, 0.05) is 11.8 Å². The third-order valence-corrected chi connectivity index (χ3v) is 4.67. The molecule has 0 unspecified atom stereocenters. The first-order valence-electron chi connectivity index (χ1n) is 6.85. The summed E-state index contributed by atoms with van der Waals surface area (Å²) >= 11 is 0. The van der Waals surface area contributed by atoms with Crippen molar-refractivity contribution in [1.82, 2.24) is 0 Å². The number of ketones is 1.